The van der Waals surface area contributed by atoms with E-state index in [1.807, 2.05) is 0 Å². The molecule has 9 heteroatoms. The van der Waals surface area contributed by atoms with E-state index in [0.29, 0.717) is 22.7 Å². The Morgan fingerprint density at radius 1 is 1.00 bits per heavy atom. The summed E-state index contributed by atoms with van der Waals surface area (Å²) < 4.78 is 43.7. The Balaban J connectivity index is 1.73. The highest BCUT2D eigenvalue weighted by molar-refractivity contribution is 6.05. The summed E-state index contributed by atoms with van der Waals surface area (Å²) in [6.07, 6.45) is -4.51. The molecule has 3 aromatic rings. The number of amides is 2. The molecule has 0 spiro atoms. The van der Waals surface area contributed by atoms with Crippen molar-refractivity contribution in [3.05, 3.63) is 76.7 Å². The Morgan fingerprint density at radius 3 is 2.26 bits per heavy atom. The molecule has 0 saturated heterocycles. The summed E-state index contributed by atoms with van der Waals surface area (Å²) in [5.74, 6) is -0.901. The smallest absolute Gasteiger partial charge is 0.361 e. The third-order valence-electron chi connectivity index (χ3n) is 4.75. The molecule has 1 atom stereocenters. The van der Waals surface area contributed by atoms with Gasteiger partial charge in [-0.15, -0.1) is 0 Å². The van der Waals surface area contributed by atoms with Crippen LogP contribution in [0, 0.1) is 13.8 Å². The van der Waals surface area contributed by atoms with Gasteiger partial charge in [0.1, 0.15) is 5.76 Å². The van der Waals surface area contributed by atoms with E-state index in [9.17, 15) is 22.8 Å². The molecule has 0 saturated carbocycles. The second kappa shape index (κ2) is 8.63. The van der Waals surface area contributed by atoms with Crippen LogP contribution in [0.4, 0.5) is 24.5 Å². The number of alkyl halides is 3. The van der Waals surface area contributed by atoms with Crippen LogP contribution in [0.15, 0.2) is 53.1 Å². The Labute approximate surface area is 176 Å². The summed E-state index contributed by atoms with van der Waals surface area (Å²) in [5, 5.41) is 9.02. The van der Waals surface area contributed by atoms with Crippen LogP contribution in [0.1, 0.15) is 45.8 Å². The second-order valence-corrected chi connectivity index (χ2v) is 7.06. The molecule has 162 valence electrons. The third-order valence-corrected chi connectivity index (χ3v) is 4.75. The van der Waals surface area contributed by atoms with Crippen molar-refractivity contribution in [1.29, 1.82) is 0 Å². The Bertz CT molecular complexity index is 1100. The van der Waals surface area contributed by atoms with Gasteiger partial charge in [-0.3, -0.25) is 9.59 Å². The zero-order valence-electron chi connectivity index (χ0n) is 17.0. The minimum atomic E-state index is -4.51. The summed E-state index contributed by atoms with van der Waals surface area (Å²) in [5.41, 5.74) is 1.02. The van der Waals surface area contributed by atoms with Crippen molar-refractivity contribution in [3.63, 3.8) is 0 Å². The first-order chi connectivity index (χ1) is 14.6. The number of rotatable bonds is 5. The zero-order chi connectivity index (χ0) is 22.8. The van der Waals surface area contributed by atoms with Crippen molar-refractivity contribution < 1.29 is 27.3 Å². The van der Waals surface area contributed by atoms with Gasteiger partial charge >= 0.3 is 6.18 Å². The van der Waals surface area contributed by atoms with Crippen LogP contribution in [-0.4, -0.2) is 17.0 Å². The lowest BCUT2D eigenvalue weighted by molar-refractivity contribution is -0.137. The summed E-state index contributed by atoms with van der Waals surface area (Å²) in [6, 6.07) is 10.5. The van der Waals surface area contributed by atoms with Gasteiger partial charge in [0.15, 0.2) is 0 Å². The maximum absolute atomic E-state index is 12.9. The number of hydrogen-bond acceptors (Lipinski definition) is 4. The zero-order valence-corrected chi connectivity index (χ0v) is 17.0. The van der Waals surface area contributed by atoms with Crippen LogP contribution >= 0.6 is 0 Å². The molecule has 0 aliphatic rings. The van der Waals surface area contributed by atoms with Gasteiger partial charge in [0.05, 0.1) is 17.2 Å². The van der Waals surface area contributed by atoms with Gasteiger partial charge < -0.3 is 15.2 Å². The lowest BCUT2D eigenvalue weighted by Gasteiger charge is -2.13. The molecule has 1 unspecified atom stereocenters. The topological polar surface area (TPSA) is 84.2 Å². The van der Waals surface area contributed by atoms with E-state index >= 15 is 0 Å². The van der Waals surface area contributed by atoms with Gasteiger partial charge in [-0.2, -0.15) is 13.2 Å². The minimum absolute atomic E-state index is 0.0151. The monoisotopic (exact) mass is 431 g/mol. The van der Waals surface area contributed by atoms with Gasteiger partial charge in [-0.05, 0) is 57.2 Å². The van der Waals surface area contributed by atoms with Crippen molar-refractivity contribution in [2.24, 2.45) is 0 Å². The lowest BCUT2D eigenvalue weighted by atomic mass is 9.98. The SMILES string of the molecule is Cc1noc(C)c1C(C)C(=O)Nc1cccc(C(=O)Nc2cccc(C(F)(F)F)c2)c1. The van der Waals surface area contributed by atoms with Gasteiger partial charge in [0, 0.05) is 22.5 Å². The predicted octanol–water partition coefficient (Wildman–Crippen LogP) is 5.30. The van der Waals surface area contributed by atoms with Gasteiger partial charge in [0.2, 0.25) is 5.91 Å². The van der Waals surface area contributed by atoms with Crippen LogP contribution < -0.4 is 10.6 Å². The Hall–Kier alpha value is -3.62. The molecule has 0 fully saturated rings. The Kier molecular flexibility index (Phi) is 6.14. The van der Waals surface area contributed by atoms with E-state index in [2.05, 4.69) is 15.8 Å². The van der Waals surface area contributed by atoms with Crippen LogP contribution in [0.2, 0.25) is 0 Å². The molecular weight excluding hydrogens is 411 g/mol. The van der Waals surface area contributed by atoms with Crippen molar-refractivity contribution in [2.75, 3.05) is 10.6 Å². The molecule has 2 N–H and O–H groups in total. The van der Waals surface area contributed by atoms with Crippen molar-refractivity contribution in [1.82, 2.24) is 5.16 Å². The maximum Gasteiger partial charge on any atom is 0.416 e. The standard InChI is InChI=1S/C22H20F3N3O3/c1-12(19-13(2)28-31-14(19)3)20(29)26-17-8-4-6-15(10-17)21(30)27-18-9-5-7-16(11-18)22(23,24)25/h4-12H,1-3H3,(H,26,29)(H,27,30). The van der Waals surface area contributed by atoms with E-state index in [0.717, 1.165) is 12.1 Å². The largest absolute Gasteiger partial charge is 0.416 e. The van der Waals surface area contributed by atoms with Crippen molar-refractivity contribution in [3.8, 4) is 0 Å². The van der Waals surface area contributed by atoms with Crippen LogP contribution in [0.25, 0.3) is 0 Å². The number of nitrogens with one attached hydrogen (secondary N) is 2. The number of anilines is 2. The van der Waals surface area contributed by atoms with Crippen LogP contribution in [0.5, 0.6) is 0 Å². The fourth-order valence-corrected chi connectivity index (χ4v) is 3.20. The second-order valence-electron chi connectivity index (χ2n) is 7.06. The average molecular weight is 431 g/mol. The number of nitrogens with zero attached hydrogens (tertiary/aromatic N) is 1. The maximum atomic E-state index is 12.9. The molecule has 0 aliphatic carbocycles. The number of aryl methyl sites for hydroxylation is 2. The molecule has 2 amide bonds. The van der Waals surface area contributed by atoms with E-state index < -0.39 is 23.6 Å². The molecule has 3 rings (SSSR count). The summed E-state index contributed by atoms with van der Waals surface area (Å²) in [4.78, 5) is 25.1. The van der Waals surface area contributed by atoms with Gasteiger partial charge in [-0.25, -0.2) is 0 Å². The van der Waals surface area contributed by atoms with Crippen molar-refractivity contribution >= 4 is 23.2 Å². The molecule has 31 heavy (non-hydrogen) atoms. The molecule has 0 bridgehead atoms. The minimum Gasteiger partial charge on any atom is -0.361 e. The number of hydrogen-bond donors (Lipinski definition) is 2. The molecule has 0 radical (unpaired) electrons. The summed E-state index contributed by atoms with van der Waals surface area (Å²) in [7, 11) is 0. The summed E-state index contributed by atoms with van der Waals surface area (Å²) >= 11 is 0. The highest BCUT2D eigenvalue weighted by Crippen LogP contribution is 2.31. The molecule has 0 aliphatic heterocycles. The van der Waals surface area contributed by atoms with E-state index in [1.165, 1.54) is 24.3 Å². The normalized spacial score (nSPS) is 12.3. The quantitative estimate of drug-likeness (QED) is 0.574. The average Bonchev–Trinajstić information content (AvgIpc) is 3.05. The first-order valence-corrected chi connectivity index (χ1v) is 9.38. The van der Waals surface area contributed by atoms with E-state index in [-0.39, 0.29) is 17.2 Å². The highest BCUT2D eigenvalue weighted by atomic mass is 19.4. The fourth-order valence-electron chi connectivity index (χ4n) is 3.20. The summed E-state index contributed by atoms with van der Waals surface area (Å²) in [6.45, 7) is 5.18. The first-order valence-electron chi connectivity index (χ1n) is 9.38. The van der Waals surface area contributed by atoms with Crippen LogP contribution in [-0.2, 0) is 11.0 Å². The molecule has 1 aromatic heterocycles. The predicted molar refractivity (Wildman–Crippen MR) is 109 cm³/mol. The molecular formula is C22H20F3N3O3. The number of benzene rings is 2. The lowest BCUT2D eigenvalue weighted by Crippen LogP contribution is -2.20. The van der Waals surface area contributed by atoms with E-state index in [4.69, 9.17) is 4.52 Å². The molecule has 6 nitrogen and oxygen atoms in total. The van der Waals surface area contributed by atoms with Crippen molar-refractivity contribution in [2.45, 2.75) is 32.9 Å². The molecule has 1 heterocycles. The first kappa shape index (κ1) is 22.1. The highest BCUT2D eigenvalue weighted by Gasteiger charge is 2.30. The van der Waals surface area contributed by atoms with E-state index in [1.54, 1.807) is 32.9 Å². The van der Waals surface area contributed by atoms with Crippen LogP contribution in [0.3, 0.4) is 0 Å². The van der Waals surface area contributed by atoms with Gasteiger partial charge in [0.25, 0.3) is 5.91 Å². The molecule has 2 aromatic carbocycles. The number of carbonyl (C=O) groups excluding carboxylic acids is 2. The number of aromatic nitrogens is 1. The third kappa shape index (κ3) is 5.11. The number of carbonyl (C=O) groups is 2. The Morgan fingerprint density at radius 2 is 1.65 bits per heavy atom. The fraction of sp³-hybridized carbons (Fsp3) is 0.227. The van der Waals surface area contributed by atoms with Gasteiger partial charge in [-0.1, -0.05) is 17.3 Å². The number of halogens is 3.